The van der Waals surface area contributed by atoms with Crippen molar-refractivity contribution < 1.29 is 9.64 Å². The lowest BCUT2D eigenvalue weighted by atomic mass is 10.3. The van der Waals surface area contributed by atoms with Gasteiger partial charge < -0.3 is 20.3 Å². The van der Waals surface area contributed by atoms with Crippen molar-refractivity contribution >= 4 is 23.0 Å². The molecule has 0 bridgehead atoms. The van der Waals surface area contributed by atoms with Crippen molar-refractivity contribution in [2.75, 3.05) is 38.6 Å². The summed E-state index contributed by atoms with van der Waals surface area (Å²) in [6.45, 7) is 4.85. The Morgan fingerprint density at radius 3 is 2.90 bits per heavy atom. The molecule has 0 aliphatic carbocycles. The summed E-state index contributed by atoms with van der Waals surface area (Å²) in [6.07, 6.45) is 3.94. The molecule has 0 unspecified atom stereocenters. The van der Waals surface area contributed by atoms with Crippen molar-refractivity contribution in [2.45, 2.75) is 19.3 Å². The average Bonchev–Trinajstić information content (AvgIpc) is 2.97. The van der Waals surface area contributed by atoms with Crippen LogP contribution in [0.15, 0.2) is 24.3 Å². The molecule has 1 aliphatic rings. The van der Waals surface area contributed by atoms with Crippen LogP contribution < -0.4 is 20.3 Å². The van der Waals surface area contributed by atoms with Crippen LogP contribution >= 0.6 is 12.2 Å². The number of hydrogen-bond donors (Lipinski definition) is 3. The van der Waals surface area contributed by atoms with E-state index in [1.54, 1.807) is 12.0 Å². The van der Waals surface area contributed by atoms with Gasteiger partial charge >= 0.3 is 0 Å². The molecule has 0 atom stereocenters. The van der Waals surface area contributed by atoms with Crippen LogP contribution in [0.25, 0.3) is 0 Å². The molecular formula is C15H24N3OS+. The van der Waals surface area contributed by atoms with Crippen molar-refractivity contribution in [3.05, 3.63) is 24.3 Å². The van der Waals surface area contributed by atoms with E-state index in [4.69, 9.17) is 17.0 Å². The molecule has 2 rings (SSSR count). The zero-order valence-electron chi connectivity index (χ0n) is 12.1. The molecule has 0 amide bonds. The highest BCUT2D eigenvalue weighted by Crippen LogP contribution is 2.16. The third-order valence-electron chi connectivity index (χ3n) is 3.63. The predicted molar refractivity (Wildman–Crippen MR) is 86.6 cm³/mol. The lowest BCUT2D eigenvalue weighted by Crippen LogP contribution is -3.10. The lowest BCUT2D eigenvalue weighted by molar-refractivity contribution is -0.887. The maximum atomic E-state index is 5.29. The highest BCUT2D eigenvalue weighted by Gasteiger charge is 2.13. The van der Waals surface area contributed by atoms with Crippen LogP contribution in [0.2, 0.25) is 0 Å². The first kappa shape index (κ1) is 15.1. The number of methoxy groups -OCH3 is 1. The Hall–Kier alpha value is -1.33. The second-order valence-corrected chi connectivity index (χ2v) is 5.58. The molecule has 5 heteroatoms. The van der Waals surface area contributed by atoms with Gasteiger partial charge in [0, 0.05) is 37.6 Å². The number of benzene rings is 1. The first-order chi connectivity index (χ1) is 9.78. The normalized spacial score (nSPS) is 15.1. The summed E-state index contributed by atoms with van der Waals surface area (Å²) < 4.78 is 5.19. The van der Waals surface area contributed by atoms with E-state index < -0.39 is 0 Å². The van der Waals surface area contributed by atoms with Gasteiger partial charge in [-0.1, -0.05) is 6.07 Å². The number of thiocarbonyl (C=S) groups is 1. The van der Waals surface area contributed by atoms with Gasteiger partial charge in [0.25, 0.3) is 0 Å². The number of ether oxygens (including phenoxy) is 1. The molecule has 1 aromatic rings. The Morgan fingerprint density at radius 2 is 2.15 bits per heavy atom. The van der Waals surface area contributed by atoms with Crippen molar-refractivity contribution in [1.82, 2.24) is 5.32 Å². The Bertz CT molecular complexity index is 433. The summed E-state index contributed by atoms with van der Waals surface area (Å²) in [5.41, 5.74) is 0.951. The lowest BCUT2D eigenvalue weighted by Gasteiger charge is -2.14. The molecule has 1 aromatic carbocycles. The zero-order valence-corrected chi connectivity index (χ0v) is 12.9. The third-order valence-corrected chi connectivity index (χ3v) is 3.88. The molecule has 4 nitrogen and oxygen atoms in total. The van der Waals surface area contributed by atoms with Gasteiger partial charge in [0.15, 0.2) is 5.11 Å². The summed E-state index contributed by atoms with van der Waals surface area (Å²) in [6, 6.07) is 7.77. The molecule has 1 saturated heterocycles. The molecule has 3 N–H and O–H groups in total. The fraction of sp³-hybridized carbons (Fsp3) is 0.533. The standard InChI is InChI=1S/C15H23N3OS/c1-19-14-7-4-6-13(12-14)17-15(20)16-8-5-11-18-9-2-3-10-18/h4,6-7,12H,2-3,5,8-11H2,1H3,(H2,16,17,20)/p+1. The van der Waals surface area contributed by atoms with Gasteiger partial charge in [0.05, 0.1) is 26.7 Å². The molecule has 0 aromatic heterocycles. The Labute approximate surface area is 126 Å². The van der Waals surface area contributed by atoms with Crippen molar-refractivity contribution in [3.63, 3.8) is 0 Å². The Kier molecular flexibility index (Phi) is 6.08. The fourth-order valence-corrected chi connectivity index (χ4v) is 2.76. The topological polar surface area (TPSA) is 37.7 Å². The van der Waals surface area contributed by atoms with Crippen LogP contribution in [0.1, 0.15) is 19.3 Å². The van der Waals surface area contributed by atoms with E-state index in [-0.39, 0.29) is 0 Å². The van der Waals surface area contributed by atoms with Gasteiger partial charge in [-0.25, -0.2) is 0 Å². The van der Waals surface area contributed by atoms with Gasteiger partial charge in [-0.15, -0.1) is 0 Å². The fourth-order valence-electron chi connectivity index (χ4n) is 2.54. The minimum Gasteiger partial charge on any atom is -0.497 e. The van der Waals surface area contributed by atoms with Crippen LogP contribution in [-0.4, -0.2) is 38.4 Å². The average molecular weight is 294 g/mol. The van der Waals surface area contributed by atoms with E-state index in [1.807, 2.05) is 24.3 Å². The monoisotopic (exact) mass is 294 g/mol. The van der Waals surface area contributed by atoms with Crippen LogP contribution in [0.5, 0.6) is 5.75 Å². The van der Waals surface area contributed by atoms with E-state index in [0.29, 0.717) is 5.11 Å². The third kappa shape index (κ3) is 4.98. The van der Waals surface area contributed by atoms with Crippen LogP contribution in [0.4, 0.5) is 5.69 Å². The number of likely N-dealkylation sites (tertiary alicyclic amines) is 1. The van der Waals surface area contributed by atoms with Gasteiger partial charge in [-0.05, 0) is 24.4 Å². The Morgan fingerprint density at radius 1 is 1.35 bits per heavy atom. The first-order valence-corrected chi connectivity index (χ1v) is 7.71. The molecule has 0 radical (unpaired) electrons. The zero-order chi connectivity index (χ0) is 14.2. The van der Waals surface area contributed by atoms with Gasteiger partial charge in [0.2, 0.25) is 0 Å². The molecule has 20 heavy (non-hydrogen) atoms. The van der Waals surface area contributed by atoms with Gasteiger partial charge in [0.1, 0.15) is 5.75 Å². The summed E-state index contributed by atoms with van der Waals surface area (Å²) in [5, 5.41) is 7.11. The van der Waals surface area contributed by atoms with E-state index in [2.05, 4.69) is 10.6 Å². The molecule has 110 valence electrons. The van der Waals surface area contributed by atoms with Crippen LogP contribution in [0, 0.1) is 0 Å². The van der Waals surface area contributed by atoms with Crippen molar-refractivity contribution in [2.24, 2.45) is 0 Å². The van der Waals surface area contributed by atoms with Crippen molar-refractivity contribution in [1.29, 1.82) is 0 Å². The molecule has 0 saturated carbocycles. The second kappa shape index (κ2) is 8.07. The Balaban J connectivity index is 1.64. The second-order valence-electron chi connectivity index (χ2n) is 5.17. The minimum absolute atomic E-state index is 0.676. The van der Waals surface area contributed by atoms with Crippen molar-refractivity contribution in [3.8, 4) is 5.75 Å². The quantitative estimate of drug-likeness (QED) is 0.542. The molecule has 1 heterocycles. The van der Waals surface area contributed by atoms with Gasteiger partial charge in [-0.3, -0.25) is 0 Å². The highest BCUT2D eigenvalue weighted by molar-refractivity contribution is 7.80. The summed E-state index contributed by atoms with van der Waals surface area (Å²) in [4.78, 5) is 1.73. The SMILES string of the molecule is COc1cccc(NC(=S)NCCC[NH+]2CCCC2)c1. The predicted octanol–water partition coefficient (Wildman–Crippen LogP) is 1.05. The highest BCUT2D eigenvalue weighted by atomic mass is 32.1. The number of nitrogens with one attached hydrogen (secondary N) is 3. The van der Waals surface area contributed by atoms with Crippen LogP contribution in [-0.2, 0) is 0 Å². The number of quaternary nitrogens is 1. The summed E-state index contributed by atoms with van der Waals surface area (Å²) in [7, 11) is 1.66. The van der Waals surface area contributed by atoms with E-state index >= 15 is 0 Å². The number of hydrogen-bond acceptors (Lipinski definition) is 2. The van der Waals surface area contributed by atoms with Crippen LogP contribution in [0.3, 0.4) is 0 Å². The maximum absolute atomic E-state index is 5.29. The smallest absolute Gasteiger partial charge is 0.170 e. The maximum Gasteiger partial charge on any atom is 0.170 e. The molecule has 0 spiro atoms. The van der Waals surface area contributed by atoms with Gasteiger partial charge in [-0.2, -0.15) is 0 Å². The first-order valence-electron chi connectivity index (χ1n) is 7.30. The molecule has 1 fully saturated rings. The van der Waals surface area contributed by atoms with E-state index in [1.165, 1.54) is 32.5 Å². The number of anilines is 1. The molecule has 1 aliphatic heterocycles. The molecular weight excluding hydrogens is 270 g/mol. The van der Waals surface area contributed by atoms with E-state index in [0.717, 1.165) is 24.4 Å². The van der Waals surface area contributed by atoms with E-state index in [9.17, 15) is 0 Å². The largest absolute Gasteiger partial charge is 0.497 e. The number of rotatable bonds is 6. The summed E-state index contributed by atoms with van der Waals surface area (Å²) >= 11 is 5.29. The minimum atomic E-state index is 0.676. The summed E-state index contributed by atoms with van der Waals surface area (Å²) in [5.74, 6) is 0.829.